The van der Waals surface area contributed by atoms with Gasteiger partial charge in [-0.2, -0.15) is 0 Å². The van der Waals surface area contributed by atoms with Crippen LogP contribution in [0.1, 0.15) is 6.42 Å². The average molecular weight is 167 g/mol. The van der Waals surface area contributed by atoms with Crippen molar-refractivity contribution in [1.29, 1.82) is 0 Å². The molecule has 1 unspecified atom stereocenters. The molecule has 0 aromatic carbocycles. The van der Waals surface area contributed by atoms with Crippen molar-refractivity contribution in [2.24, 2.45) is 0 Å². The number of hydroxylamine groups is 1. The van der Waals surface area contributed by atoms with Crippen LogP contribution in [0, 0.1) is 0 Å². The van der Waals surface area contributed by atoms with E-state index in [9.17, 15) is 9.90 Å². The van der Waals surface area contributed by atoms with Crippen molar-refractivity contribution in [3.63, 3.8) is 0 Å². The van der Waals surface area contributed by atoms with Gasteiger partial charge in [0.05, 0.1) is 12.0 Å². The summed E-state index contributed by atoms with van der Waals surface area (Å²) < 4.78 is 0. The number of rotatable bonds is 1. The standard InChI is InChI=1S/C5H7NO3.K/c7-5(8)4-2-1-3-9-6-4;/h1,3-4,6H,2H2,(H,7,8);/q;+1/p-1. The Labute approximate surface area is 101 Å². The van der Waals surface area contributed by atoms with Crippen LogP contribution in [0.25, 0.3) is 0 Å². The summed E-state index contributed by atoms with van der Waals surface area (Å²) in [6.45, 7) is 0. The van der Waals surface area contributed by atoms with Crippen LogP contribution in [0.4, 0.5) is 0 Å². The van der Waals surface area contributed by atoms with E-state index in [-0.39, 0.29) is 51.4 Å². The molecule has 1 rings (SSSR count). The summed E-state index contributed by atoms with van der Waals surface area (Å²) in [5, 5.41) is 10.1. The van der Waals surface area contributed by atoms with E-state index in [0.29, 0.717) is 6.42 Å². The predicted octanol–water partition coefficient (Wildman–Crippen LogP) is -4.45. The van der Waals surface area contributed by atoms with Crippen LogP contribution in [0.15, 0.2) is 12.3 Å². The molecule has 1 aliphatic heterocycles. The molecular formula is C5H6KNO3. The van der Waals surface area contributed by atoms with E-state index in [1.807, 2.05) is 0 Å². The Morgan fingerprint density at radius 2 is 2.50 bits per heavy atom. The molecule has 0 radical (unpaired) electrons. The van der Waals surface area contributed by atoms with E-state index in [2.05, 4.69) is 10.3 Å². The second-order valence-electron chi connectivity index (χ2n) is 1.71. The minimum absolute atomic E-state index is 0. The molecule has 1 atom stereocenters. The third-order valence-electron chi connectivity index (χ3n) is 1.03. The monoisotopic (exact) mass is 167 g/mol. The number of aliphatic carboxylic acids is 1. The summed E-state index contributed by atoms with van der Waals surface area (Å²) in [6, 6.07) is -0.699. The molecule has 0 fully saturated rings. The minimum atomic E-state index is -1.14. The first-order chi connectivity index (χ1) is 4.30. The maximum absolute atomic E-state index is 10.1. The Hall–Kier alpha value is 0.606. The van der Waals surface area contributed by atoms with Crippen LogP contribution in [0.5, 0.6) is 0 Å². The summed E-state index contributed by atoms with van der Waals surface area (Å²) in [5.74, 6) is -1.14. The van der Waals surface area contributed by atoms with Crippen molar-refractivity contribution < 1.29 is 66.1 Å². The molecule has 1 N–H and O–H groups in total. The fourth-order valence-electron chi connectivity index (χ4n) is 0.554. The van der Waals surface area contributed by atoms with E-state index < -0.39 is 12.0 Å². The number of carbonyl (C=O) groups excluding carboxylic acids is 1. The van der Waals surface area contributed by atoms with Gasteiger partial charge in [-0.1, -0.05) is 0 Å². The Balaban J connectivity index is 0.000000810. The summed E-state index contributed by atoms with van der Waals surface area (Å²) in [6.07, 6.45) is 3.44. The minimum Gasteiger partial charge on any atom is -0.548 e. The maximum Gasteiger partial charge on any atom is 1.00 e. The fourth-order valence-corrected chi connectivity index (χ4v) is 0.554. The SMILES string of the molecule is O=C([O-])C1CC=CON1.[K+]. The van der Waals surface area contributed by atoms with Crippen LogP contribution in [0.3, 0.4) is 0 Å². The third kappa shape index (κ3) is 3.13. The van der Waals surface area contributed by atoms with Crippen molar-refractivity contribution in [1.82, 2.24) is 5.48 Å². The van der Waals surface area contributed by atoms with Gasteiger partial charge in [-0.15, -0.1) is 5.48 Å². The second kappa shape index (κ2) is 5.28. The van der Waals surface area contributed by atoms with Gasteiger partial charge in [-0.3, -0.25) is 0 Å². The molecule has 1 heterocycles. The zero-order valence-corrected chi connectivity index (χ0v) is 8.79. The zero-order valence-electron chi connectivity index (χ0n) is 5.66. The van der Waals surface area contributed by atoms with Crippen molar-refractivity contribution in [3.8, 4) is 0 Å². The van der Waals surface area contributed by atoms with Gasteiger partial charge in [0.15, 0.2) is 0 Å². The van der Waals surface area contributed by atoms with E-state index in [4.69, 9.17) is 0 Å². The summed E-state index contributed by atoms with van der Waals surface area (Å²) in [5.41, 5.74) is 2.27. The first-order valence-corrected chi connectivity index (χ1v) is 2.58. The van der Waals surface area contributed by atoms with E-state index in [0.717, 1.165) is 0 Å². The van der Waals surface area contributed by atoms with Gasteiger partial charge in [0, 0.05) is 0 Å². The van der Waals surface area contributed by atoms with Crippen LogP contribution in [0.2, 0.25) is 0 Å². The first kappa shape index (κ1) is 10.6. The van der Waals surface area contributed by atoms with Gasteiger partial charge in [0.1, 0.15) is 6.26 Å². The quantitative estimate of drug-likeness (QED) is 0.400. The van der Waals surface area contributed by atoms with Crippen LogP contribution < -0.4 is 62.0 Å². The molecule has 4 nitrogen and oxygen atoms in total. The second-order valence-corrected chi connectivity index (χ2v) is 1.71. The molecule has 1 aliphatic rings. The van der Waals surface area contributed by atoms with E-state index in [1.165, 1.54) is 6.26 Å². The summed E-state index contributed by atoms with van der Waals surface area (Å²) in [7, 11) is 0. The van der Waals surface area contributed by atoms with Gasteiger partial charge in [-0.05, 0) is 12.5 Å². The molecule has 0 amide bonds. The molecule has 10 heavy (non-hydrogen) atoms. The smallest absolute Gasteiger partial charge is 0.548 e. The van der Waals surface area contributed by atoms with E-state index in [1.54, 1.807) is 6.08 Å². The van der Waals surface area contributed by atoms with E-state index >= 15 is 0 Å². The average Bonchev–Trinajstić information content (AvgIpc) is 1.90. The number of carboxylic acids is 1. The molecule has 50 valence electrons. The molecular weight excluding hydrogens is 161 g/mol. The zero-order chi connectivity index (χ0) is 6.69. The molecule has 0 saturated heterocycles. The Bertz CT molecular complexity index is 148. The van der Waals surface area contributed by atoms with Gasteiger partial charge < -0.3 is 14.7 Å². The third-order valence-corrected chi connectivity index (χ3v) is 1.03. The van der Waals surface area contributed by atoms with Crippen LogP contribution in [-0.4, -0.2) is 12.0 Å². The fraction of sp³-hybridized carbons (Fsp3) is 0.400. The van der Waals surface area contributed by atoms with Gasteiger partial charge in [0.25, 0.3) is 0 Å². The Kier molecular flexibility index (Phi) is 5.60. The topological polar surface area (TPSA) is 61.4 Å². The number of carbonyl (C=O) groups is 1. The van der Waals surface area contributed by atoms with Gasteiger partial charge in [0.2, 0.25) is 0 Å². The number of hydrogen-bond donors (Lipinski definition) is 1. The molecule has 0 spiro atoms. The number of hydrogen-bond acceptors (Lipinski definition) is 4. The number of carboxylic acid groups (broad SMARTS) is 1. The van der Waals surface area contributed by atoms with Gasteiger partial charge >= 0.3 is 51.4 Å². The Morgan fingerprint density at radius 1 is 1.80 bits per heavy atom. The van der Waals surface area contributed by atoms with Crippen molar-refractivity contribution >= 4 is 5.97 Å². The Morgan fingerprint density at radius 3 is 2.80 bits per heavy atom. The largest absolute Gasteiger partial charge is 1.00 e. The number of nitrogens with one attached hydrogen (secondary N) is 1. The molecule has 0 aliphatic carbocycles. The molecule has 5 heteroatoms. The summed E-state index contributed by atoms with van der Waals surface area (Å²) in [4.78, 5) is 14.6. The normalized spacial score (nSPS) is 22.6. The molecule has 0 aromatic rings. The molecule has 0 aromatic heterocycles. The van der Waals surface area contributed by atoms with Crippen LogP contribution in [-0.2, 0) is 9.63 Å². The van der Waals surface area contributed by atoms with Crippen molar-refractivity contribution in [2.75, 3.05) is 0 Å². The summed E-state index contributed by atoms with van der Waals surface area (Å²) >= 11 is 0. The van der Waals surface area contributed by atoms with Crippen molar-refractivity contribution in [3.05, 3.63) is 12.3 Å². The van der Waals surface area contributed by atoms with Crippen LogP contribution >= 0.6 is 0 Å². The molecule has 0 saturated carbocycles. The maximum atomic E-state index is 10.1. The van der Waals surface area contributed by atoms with Crippen molar-refractivity contribution in [2.45, 2.75) is 12.5 Å². The first-order valence-electron chi connectivity index (χ1n) is 2.58. The van der Waals surface area contributed by atoms with Gasteiger partial charge in [-0.25, -0.2) is 0 Å². The predicted molar refractivity (Wildman–Crippen MR) is 26.8 cm³/mol. The molecule has 0 bridgehead atoms.